The first kappa shape index (κ1) is 25.1. The Morgan fingerprint density at radius 2 is 1.89 bits per heavy atom. The molecule has 5 aromatic rings. The van der Waals surface area contributed by atoms with Crippen molar-refractivity contribution < 1.29 is 9.59 Å². The number of nitrogens with one attached hydrogen (secondary N) is 2. The van der Waals surface area contributed by atoms with Crippen LogP contribution in [0.15, 0.2) is 49.1 Å². The van der Waals surface area contributed by atoms with Crippen LogP contribution in [0.5, 0.6) is 0 Å². The summed E-state index contributed by atoms with van der Waals surface area (Å²) in [6, 6.07) is 7.79. The summed E-state index contributed by atoms with van der Waals surface area (Å²) in [5.41, 5.74) is 4.28. The lowest BCUT2D eigenvalue weighted by atomic mass is 10.1. The first-order chi connectivity index (χ1) is 17.4. The number of thiazole rings is 1. The van der Waals surface area contributed by atoms with Crippen molar-refractivity contribution in [1.82, 2.24) is 24.4 Å². The van der Waals surface area contributed by atoms with Crippen LogP contribution in [0.4, 0.5) is 11.4 Å². The zero-order valence-electron chi connectivity index (χ0n) is 21.0. The number of fused-ring (bicyclic) bond motifs is 2. The molecule has 186 valence electrons. The van der Waals surface area contributed by atoms with E-state index >= 15 is 0 Å². The molecular weight excluding hydrogens is 474 g/mol. The Morgan fingerprint density at radius 3 is 2.67 bits per heavy atom. The predicted molar refractivity (Wildman–Crippen MR) is 145 cm³/mol. The van der Waals surface area contributed by atoms with E-state index in [1.807, 2.05) is 63.1 Å². The van der Waals surface area contributed by atoms with Crippen LogP contribution in [-0.2, 0) is 11.8 Å². The summed E-state index contributed by atoms with van der Waals surface area (Å²) in [6.07, 6.45) is 8.10. The number of aryl methyl sites for hydroxylation is 2. The Balaban J connectivity index is 0.00000148. The Labute approximate surface area is 213 Å². The maximum atomic E-state index is 13.2. The van der Waals surface area contributed by atoms with E-state index in [1.165, 1.54) is 11.3 Å². The maximum Gasteiger partial charge on any atom is 0.260 e. The monoisotopic (exact) mass is 503 g/mol. The normalized spacial score (nSPS) is 10.8. The van der Waals surface area contributed by atoms with Gasteiger partial charge in [0.1, 0.15) is 4.83 Å². The summed E-state index contributed by atoms with van der Waals surface area (Å²) in [7, 11) is 1.91. The minimum atomic E-state index is -0.287. The van der Waals surface area contributed by atoms with Crippen molar-refractivity contribution in [3.8, 4) is 10.4 Å². The molecule has 5 rings (SSSR count). The highest BCUT2D eigenvalue weighted by atomic mass is 32.1. The van der Waals surface area contributed by atoms with E-state index in [4.69, 9.17) is 0 Å². The van der Waals surface area contributed by atoms with Gasteiger partial charge in [0, 0.05) is 30.6 Å². The molecule has 0 atom stereocenters. The van der Waals surface area contributed by atoms with Gasteiger partial charge in [0.05, 0.1) is 51.6 Å². The van der Waals surface area contributed by atoms with E-state index in [-0.39, 0.29) is 11.8 Å². The number of carbonyl (C=O) groups excluding carboxylic acids is 2. The lowest BCUT2D eigenvalue weighted by Crippen LogP contribution is -2.15. The van der Waals surface area contributed by atoms with Crippen molar-refractivity contribution in [3.63, 3.8) is 0 Å². The Morgan fingerprint density at radius 1 is 1.08 bits per heavy atom. The van der Waals surface area contributed by atoms with Gasteiger partial charge in [-0.3, -0.25) is 19.3 Å². The topological polar surface area (TPSA) is 106 Å². The molecule has 0 aliphatic rings. The number of anilines is 2. The summed E-state index contributed by atoms with van der Waals surface area (Å²) in [5, 5.41) is 15.5. The molecule has 4 aromatic heterocycles. The third-order valence-corrected chi connectivity index (χ3v) is 6.74. The van der Waals surface area contributed by atoms with Gasteiger partial charge in [-0.2, -0.15) is 10.2 Å². The molecule has 0 fully saturated rings. The molecule has 2 amide bonds. The van der Waals surface area contributed by atoms with Gasteiger partial charge >= 0.3 is 0 Å². The standard InChI is InChI=1S/C24H23N7O2S.C2H6/c1-4-6-22(32)28-15-9-19(14(2)25-10-15)29-23(33)18-12-27-31-13-21(34-24(18)31)16-7-5-8-20-17(16)11-26-30(20)3;1-2/h5,7-13H,4,6H2,1-3H3,(H,28,32)(H,29,33);1-2H3. The zero-order valence-corrected chi connectivity index (χ0v) is 21.8. The van der Waals surface area contributed by atoms with E-state index in [0.29, 0.717) is 29.1 Å². The van der Waals surface area contributed by atoms with E-state index in [9.17, 15) is 9.59 Å². The van der Waals surface area contributed by atoms with Crippen LogP contribution in [0.25, 0.3) is 26.2 Å². The Bertz CT molecular complexity index is 1550. The average molecular weight is 504 g/mol. The van der Waals surface area contributed by atoms with E-state index in [2.05, 4.69) is 25.8 Å². The maximum absolute atomic E-state index is 13.2. The summed E-state index contributed by atoms with van der Waals surface area (Å²) < 4.78 is 3.56. The van der Waals surface area contributed by atoms with Crippen molar-refractivity contribution >= 4 is 50.3 Å². The highest BCUT2D eigenvalue weighted by Crippen LogP contribution is 2.35. The van der Waals surface area contributed by atoms with Crippen molar-refractivity contribution in [2.75, 3.05) is 10.6 Å². The van der Waals surface area contributed by atoms with E-state index < -0.39 is 0 Å². The SMILES string of the molecule is CC.CCCC(=O)Nc1cnc(C)c(NC(=O)c2cnn3cc(-c4cccc5c4cnn5C)sc23)c1. The van der Waals surface area contributed by atoms with Crippen LogP contribution in [0.2, 0.25) is 0 Å². The molecule has 2 N–H and O–H groups in total. The van der Waals surface area contributed by atoms with Gasteiger partial charge in [-0.15, -0.1) is 11.3 Å². The minimum absolute atomic E-state index is 0.0847. The molecule has 0 bridgehead atoms. The molecule has 0 spiro atoms. The van der Waals surface area contributed by atoms with Crippen LogP contribution < -0.4 is 10.6 Å². The van der Waals surface area contributed by atoms with Crippen molar-refractivity contribution in [2.45, 2.75) is 40.5 Å². The minimum Gasteiger partial charge on any atom is -0.325 e. The fourth-order valence-electron chi connectivity index (χ4n) is 3.83. The van der Waals surface area contributed by atoms with Crippen molar-refractivity contribution in [3.05, 3.63) is 60.3 Å². The second-order valence-corrected chi connectivity index (χ2v) is 9.05. The summed E-state index contributed by atoms with van der Waals surface area (Å²) in [4.78, 5) is 31.1. The van der Waals surface area contributed by atoms with Gasteiger partial charge in [0.25, 0.3) is 5.91 Å². The van der Waals surface area contributed by atoms with Gasteiger partial charge in [0.2, 0.25) is 5.91 Å². The number of nitrogens with zero attached hydrogens (tertiary/aromatic N) is 5. The molecule has 1 aromatic carbocycles. The number of pyridine rings is 1. The van der Waals surface area contributed by atoms with Crippen LogP contribution in [-0.4, -0.2) is 36.2 Å². The van der Waals surface area contributed by atoms with Crippen LogP contribution in [0, 0.1) is 6.92 Å². The third-order valence-electron chi connectivity index (χ3n) is 5.59. The summed E-state index contributed by atoms with van der Waals surface area (Å²) in [5.74, 6) is -0.372. The van der Waals surface area contributed by atoms with Crippen LogP contribution in [0.1, 0.15) is 49.7 Å². The molecular formula is C26H29N7O2S. The Hall–Kier alpha value is -4.05. The fraction of sp³-hybridized carbons (Fsp3) is 0.269. The second kappa shape index (κ2) is 10.7. The molecule has 0 aliphatic carbocycles. The first-order valence-corrected chi connectivity index (χ1v) is 12.7. The van der Waals surface area contributed by atoms with Gasteiger partial charge < -0.3 is 10.6 Å². The number of hydrogen-bond acceptors (Lipinski definition) is 6. The highest BCUT2D eigenvalue weighted by Gasteiger charge is 2.19. The van der Waals surface area contributed by atoms with Crippen LogP contribution >= 0.6 is 11.3 Å². The molecule has 0 saturated carbocycles. The number of aromatic nitrogens is 5. The lowest BCUT2D eigenvalue weighted by molar-refractivity contribution is -0.116. The average Bonchev–Trinajstić information content (AvgIpc) is 3.57. The largest absolute Gasteiger partial charge is 0.325 e. The number of amides is 2. The quantitative estimate of drug-likeness (QED) is 0.311. The van der Waals surface area contributed by atoms with Gasteiger partial charge in [-0.05, 0) is 25.5 Å². The molecule has 9 nitrogen and oxygen atoms in total. The predicted octanol–water partition coefficient (Wildman–Crippen LogP) is 5.67. The second-order valence-electron chi connectivity index (χ2n) is 8.02. The number of benzene rings is 1. The number of hydrogen-bond donors (Lipinski definition) is 2. The lowest BCUT2D eigenvalue weighted by Gasteiger charge is -2.10. The molecule has 36 heavy (non-hydrogen) atoms. The fourth-order valence-corrected chi connectivity index (χ4v) is 4.92. The third kappa shape index (κ3) is 4.85. The summed E-state index contributed by atoms with van der Waals surface area (Å²) in [6.45, 7) is 7.75. The van der Waals surface area contributed by atoms with Gasteiger partial charge in [-0.1, -0.05) is 32.9 Å². The molecule has 0 unspecified atom stereocenters. The molecule has 10 heteroatoms. The number of rotatable bonds is 6. The molecule has 0 aliphatic heterocycles. The zero-order chi connectivity index (χ0) is 25.8. The van der Waals surface area contributed by atoms with E-state index in [1.54, 1.807) is 29.9 Å². The van der Waals surface area contributed by atoms with Crippen molar-refractivity contribution in [1.29, 1.82) is 0 Å². The highest BCUT2D eigenvalue weighted by molar-refractivity contribution is 7.21. The first-order valence-electron chi connectivity index (χ1n) is 11.9. The van der Waals surface area contributed by atoms with E-state index in [0.717, 1.165) is 32.6 Å². The number of carbonyl (C=O) groups is 2. The Kier molecular flexibility index (Phi) is 7.44. The molecule has 4 heterocycles. The smallest absolute Gasteiger partial charge is 0.260 e. The van der Waals surface area contributed by atoms with Gasteiger partial charge in [-0.25, -0.2) is 4.52 Å². The summed E-state index contributed by atoms with van der Waals surface area (Å²) >= 11 is 1.50. The molecule has 0 saturated heterocycles. The molecule has 0 radical (unpaired) electrons. The van der Waals surface area contributed by atoms with Gasteiger partial charge in [0.15, 0.2) is 0 Å². The van der Waals surface area contributed by atoms with Crippen LogP contribution in [0.3, 0.4) is 0 Å². The van der Waals surface area contributed by atoms with Crippen molar-refractivity contribution in [2.24, 2.45) is 7.05 Å².